The summed E-state index contributed by atoms with van der Waals surface area (Å²) in [6.07, 6.45) is 3.45. The van der Waals surface area contributed by atoms with E-state index >= 15 is 0 Å². The summed E-state index contributed by atoms with van der Waals surface area (Å²) < 4.78 is 0. The number of thioether (sulfide) groups is 1. The number of amides is 2. The average molecular weight is 395 g/mol. The summed E-state index contributed by atoms with van der Waals surface area (Å²) in [5.74, 6) is 0.632. The topological polar surface area (TPSA) is 49.4 Å². The van der Waals surface area contributed by atoms with Gasteiger partial charge in [-0.25, -0.2) is 0 Å². The molecule has 146 valence electrons. The smallest absolute Gasteiger partial charge is 0.238 e. The molecule has 0 saturated carbocycles. The molecule has 2 amide bonds. The maximum absolute atomic E-state index is 12.6. The van der Waals surface area contributed by atoms with E-state index in [4.69, 9.17) is 0 Å². The van der Waals surface area contributed by atoms with Crippen molar-refractivity contribution in [2.45, 2.75) is 45.4 Å². The lowest BCUT2D eigenvalue weighted by Crippen LogP contribution is -2.28. The Morgan fingerprint density at radius 3 is 2.50 bits per heavy atom. The second-order valence-corrected chi connectivity index (χ2v) is 9.63. The van der Waals surface area contributed by atoms with Gasteiger partial charge in [-0.05, 0) is 60.2 Å². The predicted molar refractivity (Wildman–Crippen MR) is 116 cm³/mol. The van der Waals surface area contributed by atoms with Crippen molar-refractivity contribution in [1.82, 2.24) is 0 Å². The van der Waals surface area contributed by atoms with Crippen molar-refractivity contribution in [3.63, 3.8) is 0 Å². The van der Waals surface area contributed by atoms with Gasteiger partial charge in [-0.15, -0.1) is 11.8 Å². The second-order valence-electron chi connectivity index (χ2n) is 8.56. The molecular formula is C23H26N2O2S. The van der Waals surface area contributed by atoms with Gasteiger partial charge in [0.2, 0.25) is 11.8 Å². The van der Waals surface area contributed by atoms with Crippen LogP contribution in [0.3, 0.4) is 0 Å². The molecule has 0 bridgehead atoms. The van der Waals surface area contributed by atoms with Crippen LogP contribution in [-0.2, 0) is 22.4 Å². The van der Waals surface area contributed by atoms with Crippen LogP contribution in [0, 0.1) is 5.41 Å². The highest BCUT2D eigenvalue weighted by molar-refractivity contribution is 8.00. The van der Waals surface area contributed by atoms with E-state index in [1.54, 1.807) is 11.8 Å². The minimum absolute atomic E-state index is 0.00885. The molecule has 4 rings (SSSR count). The fourth-order valence-electron chi connectivity index (χ4n) is 3.71. The van der Waals surface area contributed by atoms with Crippen LogP contribution >= 0.6 is 11.8 Å². The third-order valence-electron chi connectivity index (χ3n) is 5.36. The van der Waals surface area contributed by atoms with E-state index in [0.29, 0.717) is 5.75 Å². The first kappa shape index (κ1) is 19.1. The Hall–Kier alpha value is -2.27. The van der Waals surface area contributed by atoms with Gasteiger partial charge in [-0.2, -0.15) is 0 Å². The molecule has 2 aliphatic rings. The molecule has 2 aromatic carbocycles. The largest absolute Gasteiger partial charge is 0.326 e. The molecule has 1 fully saturated rings. The summed E-state index contributed by atoms with van der Waals surface area (Å²) in [5, 5.41) is 2.92. The Balaban J connectivity index is 1.56. The van der Waals surface area contributed by atoms with Crippen molar-refractivity contribution < 1.29 is 9.59 Å². The summed E-state index contributed by atoms with van der Waals surface area (Å²) in [5.41, 5.74) is 5.20. The summed E-state index contributed by atoms with van der Waals surface area (Å²) in [4.78, 5) is 26.7. The number of hydrogen-bond donors (Lipinski definition) is 1. The van der Waals surface area contributed by atoms with Crippen LogP contribution in [0.2, 0.25) is 0 Å². The van der Waals surface area contributed by atoms with Gasteiger partial charge in [-0.1, -0.05) is 39.0 Å². The SMILES string of the molecule is CC(C)(C)C(=O)Nc1ccc([C@H]2SCC(=O)N2c2ccc3c(c2)CCC3)cc1. The zero-order valence-electron chi connectivity index (χ0n) is 16.6. The van der Waals surface area contributed by atoms with E-state index < -0.39 is 5.41 Å². The predicted octanol–water partition coefficient (Wildman–Crippen LogP) is 4.94. The minimum atomic E-state index is -0.434. The lowest BCUT2D eigenvalue weighted by molar-refractivity contribution is -0.123. The van der Waals surface area contributed by atoms with E-state index in [1.165, 1.54) is 17.5 Å². The van der Waals surface area contributed by atoms with Gasteiger partial charge in [-0.3, -0.25) is 14.5 Å². The van der Waals surface area contributed by atoms with E-state index in [9.17, 15) is 9.59 Å². The van der Waals surface area contributed by atoms with Crippen LogP contribution in [-0.4, -0.2) is 17.6 Å². The first-order chi connectivity index (χ1) is 13.3. The Morgan fingerprint density at radius 1 is 1.07 bits per heavy atom. The second kappa shape index (κ2) is 7.28. The lowest BCUT2D eigenvalue weighted by Gasteiger charge is -2.25. The number of carbonyl (C=O) groups excluding carboxylic acids is 2. The molecule has 5 heteroatoms. The minimum Gasteiger partial charge on any atom is -0.326 e. The monoisotopic (exact) mass is 394 g/mol. The zero-order valence-corrected chi connectivity index (χ0v) is 17.4. The first-order valence-corrected chi connectivity index (χ1v) is 10.8. The van der Waals surface area contributed by atoms with Crippen LogP contribution in [0.15, 0.2) is 42.5 Å². The van der Waals surface area contributed by atoms with Crippen LogP contribution in [0.25, 0.3) is 0 Å². The normalized spacial score (nSPS) is 19.0. The lowest BCUT2D eigenvalue weighted by atomic mass is 9.95. The van der Waals surface area contributed by atoms with Crippen LogP contribution < -0.4 is 10.2 Å². The van der Waals surface area contributed by atoms with Crippen molar-refractivity contribution >= 4 is 35.0 Å². The highest BCUT2D eigenvalue weighted by atomic mass is 32.2. The van der Waals surface area contributed by atoms with Crippen LogP contribution in [0.4, 0.5) is 11.4 Å². The number of carbonyl (C=O) groups is 2. The molecule has 2 aromatic rings. The third kappa shape index (κ3) is 3.68. The Labute approximate surface area is 170 Å². The van der Waals surface area contributed by atoms with Crippen molar-refractivity contribution in [2.75, 3.05) is 16.0 Å². The number of anilines is 2. The van der Waals surface area contributed by atoms with Gasteiger partial charge in [0.05, 0.1) is 5.75 Å². The first-order valence-electron chi connectivity index (χ1n) is 9.80. The summed E-state index contributed by atoms with van der Waals surface area (Å²) in [6, 6.07) is 14.3. The maximum Gasteiger partial charge on any atom is 0.238 e. The fraction of sp³-hybridized carbons (Fsp3) is 0.391. The van der Waals surface area contributed by atoms with Crippen LogP contribution in [0.5, 0.6) is 0 Å². The molecule has 1 atom stereocenters. The van der Waals surface area contributed by atoms with Crippen molar-refractivity contribution in [3.05, 3.63) is 59.2 Å². The van der Waals surface area contributed by atoms with E-state index in [-0.39, 0.29) is 17.2 Å². The Morgan fingerprint density at radius 2 is 1.79 bits per heavy atom. The molecule has 28 heavy (non-hydrogen) atoms. The standard InChI is InChI=1S/C23H26N2O2S/c1-23(2,3)22(27)24-18-10-7-16(8-11-18)21-25(20(26)14-28-21)19-12-9-15-5-4-6-17(15)13-19/h7-13,21H,4-6,14H2,1-3H3,(H,24,27)/t21-/m1/s1. The number of rotatable bonds is 3. The number of hydrogen-bond acceptors (Lipinski definition) is 3. The maximum atomic E-state index is 12.6. The average Bonchev–Trinajstić information content (AvgIpc) is 3.27. The third-order valence-corrected chi connectivity index (χ3v) is 6.58. The molecule has 1 heterocycles. The Kier molecular flexibility index (Phi) is 4.96. The zero-order chi connectivity index (χ0) is 19.9. The number of aryl methyl sites for hydroxylation is 2. The number of nitrogens with one attached hydrogen (secondary N) is 1. The molecule has 0 radical (unpaired) electrons. The van der Waals surface area contributed by atoms with Crippen molar-refractivity contribution in [3.8, 4) is 0 Å². The molecule has 0 aromatic heterocycles. The molecule has 1 saturated heterocycles. The van der Waals surface area contributed by atoms with Crippen molar-refractivity contribution in [2.24, 2.45) is 5.41 Å². The fourth-order valence-corrected chi connectivity index (χ4v) is 4.88. The molecule has 1 N–H and O–H groups in total. The highest BCUT2D eigenvalue weighted by Crippen LogP contribution is 2.43. The summed E-state index contributed by atoms with van der Waals surface area (Å²) in [7, 11) is 0. The molecule has 1 aliphatic carbocycles. The molecule has 0 unspecified atom stereocenters. The molecule has 1 aliphatic heterocycles. The van der Waals surface area contributed by atoms with Gasteiger partial charge in [0.1, 0.15) is 5.37 Å². The van der Waals surface area contributed by atoms with Gasteiger partial charge in [0.25, 0.3) is 0 Å². The summed E-state index contributed by atoms with van der Waals surface area (Å²) >= 11 is 1.65. The quantitative estimate of drug-likeness (QED) is 0.802. The summed E-state index contributed by atoms with van der Waals surface area (Å²) in [6.45, 7) is 5.68. The van der Waals surface area contributed by atoms with Crippen molar-refractivity contribution in [1.29, 1.82) is 0 Å². The molecular weight excluding hydrogens is 368 g/mol. The number of nitrogens with zero attached hydrogens (tertiary/aromatic N) is 1. The van der Waals surface area contributed by atoms with Gasteiger partial charge in [0, 0.05) is 16.8 Å². The Bertz CT molecular complexity index is 915. The molecule has 4 nitrogen and oxygen atoms in total. The number of benzene rings is 2. The highest BCUT2D eigenvalue weighted by Gasteiger charge is 2.34. The van der Waals surface area contributed by atoms with Crippen LogP contribution in [0.1, 0.15) is 49.3 Å². The van der Waals surface area contributed by atoms with E-state index in [1.807, 2.05) is 49.9 Å². The molecule has 0 spiro atoms. The van der Waals surface area contributed by atoms with E-state index in [0.717, 1.165) is 29.8 Å². The van der Waals surface area contributed by atoms with Gasteiger partial charge in [0.15, 0.2) is 0 Å². The van der Waals surface area contributed by atoms with Gasteiger partial charge >= 0.3 is 0 Å². The van der Waals surface area contributed by atoms with Gasteiger partial charge < -0.3 is 5.32 Å². The van der Waals surface area contributed by atoms with E-state index in [2.05, 4.69) is 23.5 Å². The number of fused-ring (bicyclic) bond motifs is 1.